The molecule has 0 spiro atoms. The minimum absolute atomic E-state index is 0.354. The summed E-state index contributed by atoms with van der Waals surface area (Å²) < 4.78 is 3.40. The van der Waals surface area contributed by atoms with Gasteiger partial charge in [0.25, 0.3) is 0 Å². The van der Waals surface area contributed by atoms with Crippen molar-refractivity contribution in [2.45, 2.75) is 19.5 Å². The van der Waals surface area contributed by atoms with E-state index in [4.69, 9.17) is 0 Å². The summed E-state index contributed by atoms with van der Waals surface area (Å²) in [5.41, 5.74) is 1.20. The molecular weight excluding hydrogens is 254 g/mol. The molecule has 0 fully saturated rings. The summed E-state index contributed by atoms with van der Waals surface area (Å²) in [6, 6.07) is 11.2. The van der Waals surface area contributed by atoms with Crippen LogP contribution in [0.4, 0.5) is 0 Å². The molecule has 1 aromatic carbocycles. The van der Waals surface area contributed by atoms with Crippen LogP contribution in [-0.4, -0.2) is 9.55 Å². The number of hydrogen-bond acceptors (Lipinski definition) is 3. The molecule has 0 saturated heterocycles. The van der Waals surface area contributed by atoms with Gasteiger partial charge in [-0.05, 0) is 24.4 Å². The molecular formula is C15H17N3S. The fourth-order valence-electron chi connectivity index (χ4n) is 2.13. The highest BCUT2D eigenvalue weighted by Crippen LogP contribution is 2.29. The van der Waals surface area contributed by atoms with Gasteiger partial charge in [-0.15, -0.1) is 11.3 Å². The summed E-state index contributed by atoms with van der Waals surface area (Å²) in [6.07, 6.45) is 3.74. The Bertz CT molecular complexity index is 650. The zero-order valence-corrected chi connectivity index (χ0v) is 11.9. The molecule has 1 unspecified atom stereocenters. The second-order valence-electron chi connectivity index (χ2n) is 4.79. The van der Waals surface area contributed by atoms with Crippen LogP contribution in [0.15, 0.2) is 42.9 Å². The van der Waals surface area contributed by atoms with Crippen molar-refractivity contribution < 1.29 is 0 Å². The van der Waals surface area contributed by atoms with Crippen molar-refractivity contribution in [3.63, 3.8) is 0 Å². The van der Waals surface area contributed by atoms with Gasteiger partial charge in [0, 0.05) is 35.4 Å². The lowest BCUT2D eigenvalue weighted by atomic mass is 10.2. The number of hydrogen-bond donors (Lipinski definition) is 1. The number of nitrogens with zero attached hydrogens (tertiary/aromatic N) is 2. The van der Waals surface area contributed by atoms with Crippen LogP contribution in [0.25, 0.3) is 10.1 Å². The third-order valence-electron chi connectivity index (χ3n) is 3.38. The van der Waals surface area contributed by atoms with Crippen molar-refractivity contribution in [1.82, 2.24) is 14.9 Å². The lowest BCUT2D eigenvalue weighted by Crippen LogP contribution is -2.18. The molecule has 3 rings (SSSR count). The molecule has 2 heterocycles. The standard InChI is InChI=1S/C15H17N3S/c1-11(17-9-13-8-16-10-18(13)2)15-7-12-5-3-4-6-14(12)19-15/h3-8,10-11,17H,9H2,1-2H3. The fraction of sp³-hybridized carbons (Fsp3) is 0.267. The van der Waals surface area contributed by atoms with Crippen molar-refractivity contribution in [1.29, 1.82) is 0 Å². The maximum Gasteiger partial charge on any atom is 0.0945 e. The zero-order valence-electron chi connectivity index (χ0n) is 11.1. The van der Waals surface area contributed by atoms with Crippen LogP contribution < -0.4 is 5.32 Å². The highest BCUT2D eigenvalue weighted by molar-refractivity contribution is 7.19. The number of aromatic nitrogens is 2. The van der Waals surface area contributed by atoms with Crippen LogP contribution in [0.2, 0.25) is 0 Å². The summed E-state index contributed by atoms with van der Waals surface area (Å²) in [7, 11) is 2.02. The minimum Gasteiger partial charge on any atom is -0.337 e. The van der Waals surface area contributed by atoms with Crippen LogP contribution in [0, 0.1) is 0 Å². The first-order valence-corrected chi connectivity index (χ1v) is 7.23. The summed E-state index contributed by atoms with van der Waals surface area (Å²) in [5.74, 6) is 0. The van der Waals surface area contributed by atoms with E-state index in [1.54, 1.807) is 0 Å². The highest BCUT2D eigenvalue weighted by atomic mass is 32.1. The molecule has 3 nitrogen and oxygen atoms in total. The second kappa shape index (κ2) is 5.15. The third kappa shape index (κ3) is 2.55. The van der Waals surface area contributed by atoms with Crippen molar-refractivity contribution in [2.24, 2.45) is 7.05 Å². The van der Waals surface area contributed by atoms with Gasteiger partial charge in [-0.25, -0.2) is 4.98 Å². The summed E-state index contributed by atoms with van der Waals surface area (Å²) in [6.45, 7) is 3.05. The van der Waals surface area contributed by atoms with E-state index in [0.29, 0.717) is 6.04 Å². The lowest BCUT2D eigenvalue weighted by Gasteiger charge is -2.11. The number of nitrogens with one attached hydrogen (secondary N) is 1. The lowest BCUT2D eigenvalue weighted by molar-refractivity contribution is 0.565. The van der Waals surface area contributed by atoms with E-state index in [2.05, 4.69) is 47.6 Å². The largest absolute Gasteiger partial charge is 0.337 e. The Morgan fingerprint density at radius 3 is 2.95 bits per heavy atom. The Morgan fingerprint density at radius 1 is 1.37 bits per heavy atom. The highest BCUT2D eigenvalue weighted by Gasteiger charge is 2.09. The molecule has 98 valence electrons. The Balaban J connectivity index is 1.73. The number of thiophene rings is 1. The molecule has 3 aromatic rings. The van der Waals surface area contributed by atoms with Gasteiger partial charge in [0.2, 0.25) is 0 Å². The normalized spacial score (nSPS) is 12.9. The maximum absolute atomic E-state index is 4.13. The molecule has 0 aliphatic rings. The van der Waals surface area contributed by atoms with Gasteiger partial charge in [0.05, 0.1) is 12.0 Å². The number of imidazole rings is 1. The summed E-state index contributed by atoms with van der Waals surface area (Å²) >= 11 is 1.86. The minimum atomic E-state index is 0.354. The van der Waals surface area contributed by atoms with E-state index in [1.165, 1.54) is 20.7 Å². The van der Waals surface area contributed by atoms with E-state index < -0.39 is 0 Å². The Morgan fingerprint density at radius 2 is 2.21 bits per heavy atom. The summed E-state index contributed by atoms with van der Waals surface area (Å²) in [4.78, 5) is 5.51. The molecule has 2 aromatic heterocycles. The molecule has 0 amide bonds. The number of aryl methyl sites for hydroxylation is 1. The van der Waals surface area contributed by atoms with Crippen LogP contribution >= 0.6 is 11.3 Å². The number of rotatable bonds is 4. The second-order valence-corrected chi connectivity index (χ2v) is 5.90. The first kappa shape index (κ1) is 12.4. The number of fused-ring (bicyclic) bond motifs is 1. The molecule has 0 radical (unpaired) electrons. The van der Waals surface area contributed by atoms with Gasteiger partial charge in [-0.3, -0.25) is 0 Å². The predicted octanol–water partition coefficient (Wildman–Crippen LogP) is 3.49. The molecule has 19 heavy (non-hydrogen) atoms. The Hall–Kier alpha value is -1.65. The molecule has 0 saturated carbocycles. The Kier molecular flexibility index (Phi) is 3.36. The van der Waals surface area contributed by atoms with Gasteiger partial charge in [0.1, 0.15) is 0 Å². The summed E-state index contributed by atoms with van der Waals surface area (Å²) in [5, 5.41) is 4.88. The monoisotopic (exact) mass is 271 g/mol. The first-order valence-electron chi connectivity index (χ1n) is 6.41. The smallest absolute Gasteiger partial charge is 0.0945 e. The SMILES string of the molecule is CC(NCc1cncn1C)c1cc2ccccc2s1. The van der Waals surface area contributed by atoms with Crippen LogP contribution in [0.1, 0.15) is 23.5 Å². The topological polar surface area (TPSA) is 29.9 Å². The van der Waals surface area contributed by atoms with Crippen LogP contribution in [0.3, 0.4) is 0 Å². The van der Waals surface area contributed by atoms with Crippen molar-refractivity contribution >= 4 is 21.4 Å². The van der Waals surface area contributed by atoms with Crippen LogP contribution in [0.5, 0.6) is 0 Å². The van der Waals surface area contributed by atoms with E-state index in [-0.39, 0.29) is 0 Å². The third-order valence-corrected chi connectivity index (χ3v) is 4.68. The molecule has 4 heteroatoms. The Labute approximate surface area is 116 Å². The van der Waals surface area contributed by atoms with Gasteiger partial charge in [-0.1, -0.05) is 18.2 Å². The van der Waals surface area contributed by atoms with Gasteiger partial charge >= 0.3 is 0 Å². The van der Waals surface area contributed by atoms with E-state index >= 15 is 0 Å². The van der Waals surface area contributed by atoms with E-state index in [0.717, 1.165) is 6.54 Å². The number of benzene rings is 1. The van der Waals surface area contributed by atoms with Crippen molar-refractivity contribution in [3.8, 4) is 0 Å². The van der Waals surface area contributed by atoms with Crippen molar-refractivity contribution in [2.75, 3.05) is 0 Å². The first-order chi connectivity index (χ1) is 9.24. The van der Waals surface area contributed by atoms with E-state index in [9.17, 15) is 0 Å². The average Bonchev–Trinajstić information content (AvgIpc) is 3.01. The van der Waals surface area contributed by atoms with Gasteiger partial charge < -0.3 is 9.88 Å². The van der Waals surface area contributed by atoms with Gasteiger partial charge in [0.15, 0.2) is 0 Å². The molecule has 0 aliphatic heterocycles. The average molecular weight is 271 g/mol. The van der Waals surface area contributed by atoms with Crippen LogP contribution in [-0.2, 0) is 13.6 Å². The van der Waals surface area contributed by atoms with Gasteiger partial charge in [-0.2, -0.15) is 0 Å². The molecule has 0 aliphatic carbocycles. The van der Waals surface area contributed by atoms with Crippen molar-refractivity contribution in [3.05, 3.63) is 53.4 Å². The zero-order chi connectivity index (χ0) is 13.2. The maximum atomic E-state index is 4.13. The molecule has 1 N–H and O–H groups in total. The molecule has 0 bridgehead atoms. The fourth-order valence-corrected chi connectivity index (χ4v) is 3.22. The molecule has 1 atom stereocenters. The van der Waals surface area contributed by atoms with E-state index in [1.807, 2.05) is 35.5 Å². The quantitative estimate of drug-likeness (QED) is 0.787. The predicted molar refractivity (Wildman–Crippen MR) is 80.3 cm³/mol.